The van der Waals surface area contributed by atoms with Gasteiger partial charge in [-0.1, -0.05) is 26.0 Å². The van der Waals surface area contributed by atoms with E-state index in [4.69, 9.17) is 4.74 Å². The lowest BCUT2D eigenvalue weighted by molar-refractivity contribution is -0.116. The molecule has 0 aliphatic carbocycles. The van der Waals surface area contributed by atoms with Gasteiger partial charge in [0.05, 0.1) is 6.61 Å². The van der Waals surface area contributed by atoms with Crippen LogP contribution in [-0.4, -0.2) is 12.4 Å². The lowest BCUT2D eigenvalue weighted by atomic mass is 10.1. The number of hydrogen-bond donors (Lipinski definition) is 0. The van der Waals surface area contributed by atoms with E-state index in [0.29, 0.717) is 12.3 Å². The summed E-state index contributed by atoms with van der Waals surface area (Å²) in [5, 5.41) is 0. The van der Waals surface area contributed by atoms with Crippen molar-refractivity contribution in [2.75, 3.05) is 6.61 Å². The number of aryl methyl sites for hydroxylation is 1. The first-order valence-corrected chi connectivity index (χ1v) is 6.29. The van der Waals surface area contributed by atoms with Gasteiger partial charge in [-0.25, -0.2) is 0 Å². The summed E-state index contributed by atoms with van der Waals surface area (Å²) in [5.74, 6) is 1.82. The predicted molar refractivity (Wildman–Crippen MR) is 70.4 cm³/mol. The van der Waals surface area contributed by atoms with Crippen molar-refractivity contribution >= 4 is 5.78 Å². The molecule has 0 saturated heterocycles. The van der Waals surface area contributed by atoms with Crippen LogP contribution in [-0.2, 0) is 11.2 Å². The monoisotopic (exact) mass is 234 g/mol. The van der Waals surface area contributed by atoms with Gasteiger partial charge in [-0.3, -0.25) is 0 Å². The SMILES string of the molecule is CC(=O)CCc1ccc(OCCC(C)C)cc1. The van der Waals surface area contributed by atoms with Crippen molar-refractivity contribution in [1.82, 2.24) is 0 Å². The van der Waals surface area contributed by atoms with Gasteiger partial charge in [0.15, 0.2) is 0 Å². The van der Waals surface area contributed by atoms with E-state index in [1.54, 1.807) is 6.92 Å². The zero-order valence-electron chi connectivity index (χ0n) is 11.0. The molecule has 0 atom stereocenters. The highest BCUT2D eigenvalue weighted by atomic mass is 16.5. The number of ether oxygens (including phenoxy) is 1. The summed E-state index contributed by atoms with van der Waals surface area (Å²) in [6, 6.07) is 8.03. The van der Waals surface area contributed by atoms with Gasteiger partial charge in [-0.2, -0.15) is 0 Å². The predicted octanol–water partition coefficient (Wildman–Crippen LogP) is 3.63. The van der Waals surface area contributed by atoms with E-state index in [1.807, 2.05) is 24.3 Å². The Morgan fingerprint density at radius 1 is 1.24 bits per heavy atom. The van der Waals surface area contributed by atoms with Crippen molar-refractivity contribution in [2.45, 2.75) is 40.0 Å². The second kappa shape index (κ2) is 7.10. The average Bonchev–Trinajstić information content (AvgIpc) is 2.27. The van der Waals surface area contributed by atoms with E-state index in [-0.39, 0.29) is 5.78 Å². The van der Waals surface area contributed by atoms with Crippen LogP contribution in [0, 0.1) is 5.92 Å². The molecule has 0 bridgehead atoms. The van der Waals surface area contributed by atoms with Crippen LogP contribution in [0.3, 0.4) is 0 Å². The molecule has 0 aromatic heterocycles. The molecule has 0 radical (unpaired) electrons. The lowest BCUT2D eigenvalue weighted by Gasteiger charge is -2.08. The summed E-state index contributed by atoms with van der Waals surface area (Å²) in [7, 11) is 0. The third-order valence-electron chi connectivity index (χ3n) is 2.65. The Kier molecular flexibility index (Phi) is 5.75. The number of hydrogen-bond acceptors (Lipinski definition) is 2. The zero-order chi connectivity index (χ0) is 12.7. The Labute approximate surface area is 104 Å². The molecule has 0 spiro atoms. The van der Waals surface area contributed by atoms with E-state index in [2.05, 4.69) is 13.8 Å². The van der Waals surface area contributed by atoms with Crippen LogP contribution in [0.4, 0.5) is 0 Å². The van der Waals surface area contributed by atoms with Crippen molar-refractivity contribution in [3.63, 3.8) is 0 Å². The van der Waals surface area contributed by atoms with Crippen molar-refractivity contribution in [3.8, 4) is 5.75 Å². The van der Waals surface area contributed by atoms with Crippen LogP contribution in [0.15, 0.2) is 24.3 Å². The number of ketones is 1. The second-order valence-corrected chi connectivity index (χ2v) is 4.88. The Bertz CT molecular complexity index is 338. The summed E-state index contributed by atoms with van der Waals surface area (Å²) in [6.45, 7) is 6.77. The molecule has 1 aromatic rings. The van der Waals surface area contributed by atoms with Crippen molar-refractivity contribution in [1.29, 1.82) is 0 Å². The third-order valence-corrected chi connectivity index (χ3v) is 2.65. The maximum absolute atomic E-state index is 10.9. The standard InChI is InChI=1S/C15H22O2/c1-12(2)10-11-17-15-8-6-14(7-9-15)5-4-13(3)16/h6-9,12H,4-5,10-11H2,1-3H3. The Balaban J connectivity index is 2.36. The van der Waals surface area contributed by atoms with Crippen molar-refractivity contribution < 1.29 is 9.53 Å². The molecule has 1 rings (SSSR count). The summed E-state index contributed by atoms with van der Waals surface area (Å²) < 4.78 is 5.63. The highest BCUT2D eigenvalue weighted by Crippen LogP contribution is 2.14. The fourth-order valence-corrected chi connectivity index (χ4v) is 1.49. The quantitative estimate of drug-likeness (QED) is 0.720. The molecular formula is C15H22O2. The van der Waals surface area contributed by atoms with Gasteiger partial charge in [0.1, 0.15) is 11.5 Å². The minimum absolute atomic E-state index is 0.238. The van der Waals surface area contributed by atoms with Gasteiger partial charge in [0.25, 0.3) is 0 Å². The van der Waals surface area contributed by atoms with Gasteiger partial charge >= 0.3 is 0 Å². The molecule has 0 aliphatic rings. The molecule has 0 aliphatic heterocycles. The first-order valence-electron chi connectivity index (χ1n) is 6.29. The van der Waals surface area contributed by atoms with E-state index in [0.717, 1.165) is 25.2 Å². The van der Waals surface area contributed by atoms with E-state index >= 15 is 0 Å². The highest BCUT2D eigenvalue weighted by molar-refractivity contribution is 5.75. The number of rotatable bonds is 7. The Hall–Kier alpha value is -1.31. The summed E-state index contributed by atoms with van der Waals surface area (Å²) >= 11 is 0. The molecule has 2 nitrogen and oxygen atoms in total. The van der Waals surface area contributed by atoms with E-state index < -0.39 is 0 Å². The maximum Gasteiger partial charge on any atom is 0.130 e. The number of carbonyl (C=O) groups excluding carboxylic acids is 1. The number of benzene rings is 1. The Morgan fingerprint density at radius 3 is 2.41 bits per heavy atom. The van der Waals surface area contributed by atoms with Gasteiger partial charge in [0, 0.05) is 6.42 Å². The minimum Gasteiger partial charge on any atom is -0.494 e. The topological polar surface area (TPSA) is 26.3 Å². The zero-order valence-corrected chi connectivity index (χ0v) is 11.0. The molecule has 0 fully saturated rings. The normalized spacial score (nSPS) is 10.6. The van der Waals surface area contributed by atoms with E-state index in [9.17, 15) is 4.79 Å². The van der Waals surface area contributed by atoms with Crippen LogP contribution in [0.2, 0.25) is 0 Å². The summed E-state index contributed by atoms with van der Waals surface area (Å²) in [5.41, 5.74) is 1.19. The molecule has 17 heavy (non-hydrogen) atoms. The molecule has 0 unspecified atom stereocenters. The molecule has 2 heteroatoms. The van der Waals surface area contributed by atoms with Crippen LogP contribution in [0.25, 0.3) is 0 Å². The van der Waals surface area contributed by atoms with Crippen molar-refractivity contribution in [2.24, 2.45) is 5.92 Å². The first-order chi connectivity index (χ1) is 8.08. The molecule has 0 saturated carbocycles. The highest BCUT2D eigenvalue weighted by Gasteiger charge is 1.99. The van der Waals surface area contributed by atoms with Gasteiger partial charge in [-0.15, -0.1) is 0 Å². The second-order valence-electron chi connectivity index (χ2n) is 4.88. The summed E-state index contributed by atoms with van der Waals surface area (Å²) in [4.78, 5) is 10.9. The first kappa shape index (κ1) is 13.8. The number of Topliss-reactive ketones (excluding diaryl/α,β-unsaturated/α-hetero) is 1. The van der Waals surface area contributed by atoms with Crippen LogP contribution in [0.5, 0.6) is 5.75 Å². The maximum atomic E-state index is 10.9. The fourth-order valence-electron chi connectivity index (χ4n) is 1.49. The molecule has 0 heterocycles. The largest absolute Gasteiger partial charge is 0.494 e. The molecular weight excluding hydrogens is 212 g/mol. The third kappa shape index (κ3) is 6.10. The minimum atomic E-state index is 0.238. The van der Waals surface area contributed by atoms with Crippen LogP contribution in [0.1, 0.15) is 39.2 Å². The molecule has 0 amide bonds. The van der Waals surface area contributed by atoms with Gasteiger partial charge in [0.2, 0.25) is 0 Å². The smallest absolute Gasteiger partial charge is 0.130 e. The van der Waals surface area contributed by atoms with Crippen LogP contribution >= 0.6 is 0 Å². The van der Waals surface area contributed by atoms with Gasteiger partial charge in [-0.05, 0) is 43.4 Å². The lowest BCUT2D eigenvalue weighted by Crippen LogP contribution is -2.01. The average molecular weight is 234 g/mol. The van der Waals surface area contributed by atoms with Crippen LogP contribution < -0.4 is 4.74 Å². The number of carbonyl (C=O) groups is 1. The van der Waals surface area contributed by atoms with Crippen molar-refractivity contribution in [3.05, 3.63) is 29.8 Å². The molecule has 0 N–H and O–H groups in total. The van der Waals surface area contributed by atoms with E-state index in [1.165, 1.54) is 5.56 Å². The van der Waals surface area contributed by atoms with Gasteiger partial charge < -0.3 is 9.53 Å². The molecule has 94 valence electrons. The molecule has 1 aromatic carbocycles. The Morgan fingerprint density at radius 2 is 1.88 bits per heavy atom. The fraction of sp³-hybridized carbons (Fsp3) is 0.533. The summed E-state index contributed by atoms with van der Waals surface area (Å²) in [6.07, 6.45) is 2.52.